The molecule has 3 nitrogen and oxygen atoms in total. The molecule has 16 heavy (non-hydrogen) atoms. The molecule has 2 rings (SSSR count). The highest BCUT2D eigenvalue weighted by atomic mass is 35.5. The quantitative estimate of drug-likeness (QED) is 0.913. The summed E-state index contributed by atoms with van der Waals surface area (Å²) in [6, 6.07) is 1.60. The molecule has 1 aromatic heterocycles. The van der Waals surface area contributed by atoms with Crippen LogP contribution in [0.15, 0.2) is 6.07 Å². The number of aliphatic hydroxyl groups excluding tert-OH is 1. The third-order valence-electron chi connectivity index (χ3n) is 2.72. The minimum Gasteiger partial charge on any atom is -0.388 e. The summed E-state index contributed by atoms with van der Waals surface area (Å²) < 4.78 is 23.5. The fourth-order valence-electron chi connectivity index (χ4n) is 1.88. The van der Waals surface area contributed by atoms with Crippen molar-refractivity contribution in [1.29, 1.82) is 0 Å². The summed E-state index contributed by atoms with van der Waals surface area (Å²) in [5, 5.41) is 10.0. The van der Waals surface area contributed by atoms with Gasteiger partial charge in [-0.05, 0) is 12.5 Å². The van der Waals surface area contributed by atoms with Crippen molar-refractivity contribution >= 4 is 44.4 Å². The van der Waals surface area contributed by atoms with Gasteiger partial charge in [0.2, 0.25) is 0 Å². The Bertz CT molecular complexity index is 495. The fraction of sp³-hybridized carbons (Fsp3) is 0.556. The van der Waals surface area contributed by atoms with Crippen LogP contribution in [0.25, 0.3) is 0 Å². The second-order valence-corrected chi connectivity index (χ2v) is 8.40. The van der Waals surface area contributed by atoms with Crippen molar-refractivity contribution in [2.24, 2.45) is 5.92 Å². The molecule has 2 atom stereocenters. The van der Waals surface area contributed by atoms with Gasteiger partial charge in [0.1, 0.15) is 4.34 Å². The summed E-state index contributed by atoms with van der Waals surface area (Å²) in [4.78, 5) is 0. The highest BCUT2D eigenvalue weighted by Gasteiger charge is 2.34. The molecule has 7 heteroatoms. The minimum atomic E-state index is -2.99. The van der Waals surface area contributed by atoms with Crippen molar-refractivity contribution in [3.05, 3.63) is 20.3 Å². The minimum absolute atomic E-state index is 0.0258. The molecule has 2 unspecified atom stereocenters. The van der Waals surface area contributed by atoms with E-state index in [-0.39, 0.29) is 17.4 Å². The molecule has 1 aliphatic rings. The summed E-state index contributed by atoms with van der Waals surface area (Å²) in [6.45, 7) is 0. The first-order valence-electron chi connectivity index (χ1n) is 4.72. The average Bonchev–Trinajstić information content (AvgIpc) is 2.68. The van der Waals surface area contributed by atoms with Crippen LogP contribution in [0.3, 0.4) is 0 Å². The lowest BCUT2D eigenvalue weighted by molar-refractivity contribution is 0.121. The number of hydrogen-bond acceptors (Lipinski definition) is 4. The summed E-state index contributed by atoms with van der Waals surface area (Å²) >= 11 is 12.9. The molecule has 0 saturated carbocycles. The predicted octanol–water partition coefficient (Wildman–Crippen LogP) is 2.52. The van der Waals surface area contributed by atoms with Gasteiger partial charge in [0, 0.05) is 11.5 Å². The second-order valence-electron chi connectivity index (χ2n) is 3.89. The maximum Gasteiger partial charge on any atom is 0.150 e. The molecule has 0 radical (unpaired) electrons. The van der Waals surface area contributed by atoms with E-state index >= 15 is 0 Å². The number of rotatable bonds is 2. The van der Waals surface area contributed by atoms with Gasteiger partial charge in [-0.3, -0.25) is 0 Å². The molecule has 1 fully saturated rings. The Morgan fingerprint density at radius 2 is 2.19 bits per heavy atom. The summed E-state index contributed by atoms with van der Waals surface area (Å²) in [5.41, 5.74) is 0.541. The van der Waals surface area contributed by atoms with Crippen LogP contribution in [0.4, 0.5) is 0 Å². The summed E-state index contributed by atoms with van der Waals surface area (Å²) in [7, 11) is -2.99. The Hall–Kier alpha value is 0.190. The van der Waals surface area contributed by atoms with Crippen molar-refractivity contribution in [3.8, 4) is 0 Å². The van der Waals surface area contributed by atoms with Crippen LogP contribution < -0.4 is 0 Å². The van der Waals surface area contributed by atoms with Crippen LogP contribution in [0.2, 0.25) is 8.67 Å². The predicted molar refractivity (Wildman–Crippen MR) is 66.1 cm³/mol. The third-order valence-corrected chi connectivity index (χ3v) is 6.03. The maximum absolute atomic E-state index is 11.3. The zero-order valence-electron chi connectivity index (χ0n) is 8.19. The topological polar surface area (TPSA) is 54.4 Å². The maximum atomic E-state index is 11.3. The molecule has 1 aromatic rings. The SMILES string of the molecule is O=S1(=O)CCC(C(O)c2cc(Cl)sc2Cl)C1. The van der Waals surface area contributed by atoms with E-state index in [1.807, 2.05) is 0 Å². The van der Waals surface area contributed by atoms with Crippen LogP contribution >= 0.6 is 34.5 Å². The van der Waals surface area contributed by atoms with Crippen molar-refractivity contribution in [2.45, 2.75) is 12.5 Å². The molecule has 2 heterocycles. The fourth-order valence-corrected chi connectivity index (χ4v) is 5.25. The number of halogens is 2. The molecule has 1 N–H and O–H groups in total. The Morgan fingerprint density at radius 1 is 1.50 bits per heavy atom. The average molecular weight is 301 g/mol. The van der Waals surface area contributed by atoms with Crippen molar-refractivity contribution in [1.82, 2.24) is 0 Å². The van der Waals surface area contributed by atoms with E-state index in [1.165, 1.54) is 11.3 Å². The van der Waals surface area contributed by atoms with Crippen molar-refractivity contribution < 1.29 is 13.5 Å². The standard InChI is InChI=1S/C9H10Cl2O3S2/c10-7-3-6(9(11)15-7)8(12)5-1-2-16(13,14)4-5/h3,5,8,12H,1-2,4H2. The summed E-state index contributed by atoms with van der Waals surface area (Å²) in [6.07, 6.45) is -0.360. The van der Waals surface area contributed by atoms with Gasteiger partial charge in [-0.25, -0.2) is 8.42 Å². The largest absolute Gasteiger partial charge is 0.388 e. The lowest BCUT2D eigenvalue weighted by atomic mass is 9.97. The first-order valence-corrected chi connectivity index (χ1v) is 8.11. The first-order chi connectivity index (χ1) is 7.39. The smallest absolute Gasteiger partial charge is 0.150 e. The van der Waals surface area contributed by atoms with Gasteiger partial charge in [0.05, 0.1) is 21.9 Å². The lowest BCUT2D eigenvalue weighted by Crippen LogP contribution is -2.13. The van der Waals surface area contributed by atoms with E-state index in [1.54, 1.807) is 6.07 Å². The Labute approximate surface area is 108 Å². The van der Waals surface area contributed by atoms with Crippen LogP contribution in [-0.4, -0.2) is 25.0 Å². The van der Waals surface area contributed by atoms with E-state index in [4.69, 9.17) is 23.2 Å². The molecule has 0 bridgehead atoms. The lowest BCUT2D eigenvalue weighted by Gasteiger charge is -2.15. The molecule has 0 aliphatic carbocycles. The number of aliphatic hydroxyl groups is 1. The normalized spacial score (nSPS) is 25.8. The van der Waals surface area contributed by atoms with Crippen LogP contribution in [0, 0.1) is 5.92 Å². The van der Waals surface area contributed by atoms with Crippen molar-refractivity contribution in [3.63, 3.8) is 0 Å². The van der Waals surface area contributed by atoms with Crippen molar-refractivity contribution in [2.75, 3.05) is 11.5 Å². The summed E-state index contributed by atoms with van der Waals surface area (Å²) in [5.74, 6) is -0.101. The molecule has 1 saturated heterocycles. The van der Waals surface area contributed by atoms with Gasteiger partial charge in [-0.2, -0.15) is 0 Å². The molecule has 0 spiro atoms. The van der Waals surface area contributed by atoms with Gasteiger partial charge in [-0.1, -0.05) is 23.2 Å². The van der Waals surface area contributed by atoms with E-state index in [9.17, 15) is 13.5 Å². The zero-order chi connectivity index (χ0) is 11.9. The Balaban J connectivity index is 2.20. The van der Waals surface area contributed by atoms with E-state index < -0.39 is 15.9 Å². The molecular formula is C9H10Cl2O3S2. The highest BCUT2D eigenvalue weighted by Crippen LogP contribution is 2.40. The highest BCUT2D eigenvalue weighted by molar-refractivity contribution is 7.91. The molecule has 0 amide bonds. The second kappa shape index (κ2) is 4.46. The zero-order valence-corrected chi connectivity index (χ0v) is 11.3. The number of thiophene rings is 1. The molecule has 1 aliphatic heterocycles. The van der Waals surface area contributed by atoms with Gasteiger partial charge in [0.25, 0.3) is 0 Å². The Kier molecular flexibility index (Phi) is 3.52. The van der Waals surface area contributed by atoms with E-state index in [0.717, 1.165) is 0 Å². The molecule has 90 valence electrons. The van der Waals surface area contributed by atoms with E-state index in [0.29, 0.717) is 20.7 Å². The molecule has 0 aromatic carbocycles. The monoisotopic (exact) mass is 300 g/mol. The van der Waals surface area contributed by atoms with Crippen LogP contribution in [0.5, 0.6) is 0 Å². The van der Waals surface area contributed by atoms with Gasteiger partial charge in [-0.15, -0.1) is 11.3 Å². The molecular weight excluding hydrogens is 291 g/mol. The number of hydrogen-bond donors (Lipinski definition) is 1. The number of sulfone groups is 1. The van der Waals surface area contributed by atoms with Gasteiger partial charge >= 0.3 is 0 Å². The van der Waals surface area contributed by atoms with Crippen LogP contribution in [-0.2, 0) is 9.84 Å². The third kappa shape index (κ3) is 2.54. The Morgan fingerprint density at radius 3 is 2.62 bits per heavy atom. The van der Waals surface area contributed by atoms with Gasteiger partial charge in [0.15, 0.2) is 9.84 Å². The van der Waals surface area contributed by atoms with Gasteiger partial charge < -0.3 is 5.11 Å². The van der Waals surface area contributed by atoms with Crippen LogP contribution in [0.1, 0.15) is 18.1 Å². The first kappa shape index (κ1) is 12.6. The van der Waals surface area contributed by atoms with E-state index in [2.05, 4.69) is 0 Å².